The standard InChI is InChI=1S/C27H16N2S/c1-2-10-17-16(8-1)9-7-13-18(17)25-26-23(19-11-3-5-14-21(19)28-25)24-20-12-4-6-15-22(20)29-27(24)30-26/h1-15,29H. The Morgan fingerprint density at radius 2 is 1.37 bits per heavy atom. The molecule has 7 rings (SSSR count). The lowest BCUT2D eigenvalue weighted by Crippen LogP contribution is -1.88. The van der Waals surface area contributed by atoms with E-state index in [9.17, 15) is 0 Å². The van der Waals surface area contributed by atoms with Gasteiger partial charge in [0.25, 0.3) is 0 Å². The van der Waals surface area contributed by atoms with E-state index >= 15 is 0 Å². The first kappa shape index (κ1) is 16.1. The molecule has 2 nitrogen and oxygen atoms in total. The molecule has 7 aromatic rings. The van der Waals surface area contributed by atoms with Crippen LogP contribution in [0.4, 0.5) is 0 Å². The van der Waals surface area contributed by atoms with Gasteiger partial charge in [0, 0.05) is 32.6 Å². The van der Waals surface area contributed by atoms with Crippen molar-refractivity contribution in [2.75, 3.05) is 0 Å². The fraction of sp³-hybridized carbons (Fsp3) is 0. The Bertz CT molecular complexity index is 1750. The average Bonchev–Trinajstić information content (AvgIpc) is 3.34. The fourth-order valence-electron chi connectivity index (χ4n) is 4.70. The summed E-state index contributed by atoms with van der Waals surface area (Å²) in [6, 6.07) is 32.2. The van der Waals surface area contributed by atoms with Crippen molar-refractivity contribution in [1.29, 1.82) is 0 Å². The van der Waals surface area contributed by atoms with Crippen molar-refractivity contribution in [3.63, 3.8) is 0 Å². The Kier molecular flexibility index (Phi) is 3.18. The molecule has 4 aromatic carbocycles. The Hall–Kier alpha value is -3.69. The van der Waals surface area contributed by atoms with Gasteiger partial charge >= 0.3 is 0 Å². The number of pyridine rings is 1. The Morgan fingerprint density at radius 1 is 0.633 bits per heavy atom. The van der Waals surface area contributed by atoms with Gasteiger partial charge in [-0.3, -0.25) is 0 Å². The van der Waals surface area contributed by atoms with Gasteiger partial charge in [-0.2, -0.15) is 0 Å². The summed E-state index contributed by atoms with van der Waals surface area (Å²) in [4.78, 5) is 10.0. The smallest absolute Gasteiger partial charge is 0.102 e. The van der Waals surface area contributed by atoms with E-state index in [1.807, 2.05) is 11.3 Å². The number of aromatic amines is 1. The lowest BCUT2D eigenvalue weighted by molar-refractivity contribution is 1.45. The number of hydrogen-bond acceptors (Lipinski definition) is 2. The third kappa shape index (κ3) is 2.10. The highest BCUT2D eigenvalue weighted by atomic mass is 32.1. The predicted molar refractivity (Wildman–Crippen MR) is 129 cm³/mol. The first-order valence-electron chi connectivity index (χ1n) is 10.1. The summed E-state index contributed by atoms with van der Waals surface area (Å²) in [5.74, 6) is 0. The van der Waals surface area contributed by atoms with Crippen LogP contribution < -0.4 is 0 Å². The van der Waals surface area contributed by atoms with Gasteiger partial charge in [-0.15, -0.1) is 11.3 Å². The molecule has 0 bridgehead atoms. The van der Waals surface area contributed by atoms with Gasteiger partial charge in [-0.05, 0) is 22.9 Å². The van der Waals surface area contributed by atoms with Gasteiger partial charge < -0.3 is 4.98 Å². The highest BCUT2D eigenvalue weighted by molar-refractivity contribution is 7.26. The number of nitrogens with zero attached hydrogens (tertiary/aromatic N) is 1. The topological polar surface area (TPSA) is 28.7 Å². The number of H-pyrrole nitrogens is 1. The Labute approximate surface area is 176 Å². The van der Waals surface area contributed by atoms with Gasteiger partial charge in [0.05, 0.1) is 15.9 Å². The molecule has 0 aliphatic rings. The van der Waals surface area contributed by atoms with Crippen LogP contribution in [-0.4, -0.2) is 9.97 Å². The highest BCUT2D eigenvalue weighted by Gasteiger charge is 2.19. The van der Waals surface area contributed by atoms with Crippen molar-refractivity contribution in [1.82, 2.24) is 9.97 Å². The molecule has 3 heteroatoms. The molecule has 0 amide bonds. The van der Waals surface area contributed by atoms with Crippen molar-refractivity contribution in [3.05, 3.63) is 91.0 Å². The zero-order valence-electron chi connectivity index (χ0n) is 16.0. The zero-order chi connectivity index (χ0) is 19.7. The number of para-hydroxylation sites is 2. The molecular formula is C27H16N2S. The molecule has 0 saturated carbocycles. The molecule has 0 atom stereocenters. The molecule has 0 fully saturated rings. The van der Waals surface area contributed by atoms with Gasteiger partial charge in [0.1, 0.15) is 4.83 Å². The van der Waals surface area contributed by atoms with E-state index in [1.54, 1.807) is 0 Å². The first-order valence-corrected chi connectivity index (χ1v) is 10.9. The van der Waals surface area contributed by atoms with Crippen molar-refractivity contribution in [3.8, 4) is 11.3 Å². The second kappa shape index (κ2) is 5.91. The third-order valence-electron chi connectivity index (χ3n) is 6.02. The molecule has 0 radical (unpaired) electrons. The molecule has 0 unspecified atom stereocenters. The maximum atomic E-state index is 5.18. The lowest BCUT2D eigenvalue weighted by Gasteiger charge is -2.10. The third-order valence-corrected chi connectivity index (χ3v) is 7.13. The summed E-state index contributed by atoms with van der Waals surface area (Å²) < 4.78 is 1.25. The Morgan fingerprint density at radius 3 is 2.30 bits per heavy atom. The minimum absolute atomic E-state index is 1.04. The van der Waals surface area contributed by atoms with Crippen LogP contribution in [0.5, 0.6) is 0 Å². The number of nitrogens with one attached hydrogen (secondary N) is 1. The Balaban J connectivity index is 1.74. The van der Waals surface area contributed by atoms with Gasteiger partial charge in [0.15, 0.2) is 0 Å². The van der Waals surface area contributed by atoms with E-state index in [0.29, 0.717) is 0 Å². The second-order valence-corrected chi connectivity index (χ2v) is 8.71. The van der Waals surface area contributed by atoms with E-state index < -0.39 is 0 Å². The lowest BCUT2D eigenvalue weighted by atomic mass is 9.99. The minimum atomic E-state index is 1.04. The van der Waals surface area contributed by atoms with Crippen LogP contribution >= 0.6 is 11.3 Å². The SMILES string of the molecule is c1ccc2c(-c3nc4ccccc4c4c3sc3[nH]c5ccccc5c34)cccc2c1. The number of benzene rings is 4. The molecule has 3 aromatic heterocycles. The number of hydrogen-bond donors (Lipinski definition) is 1. The van der Waals surface area contributed by atoms with Crippen LogP contribution in [0.15, 0.2) is 91.0 Å². The van der Waals surface area contributed by atoms with Crippen LogP contribution in [0.3, 0.4) is 0 Å². The molecule has 3 heterocycles. The van der Waals surface area contributed by atoms with E-state index in [0.717, 1.165) is 11.2 Å². The first-order chi connectivity index (χ1) is 14.9. The summed E-state index contributed by atoms with van der Waals surface area (Å²) >= 11 is 1.81. The number of thiophene rings is 1. The van der Waals surface area contributed by atoms with Crippen LogP contribution in [0.1, 0.15) is 0 Å². The van der Waals surface area contributed by atoms with Crippen molar-refractivity contribution in [2.45, 2.75) is 0 Å². The van der Waals surface area contributed by atoms with Crippen molar-refractivity contribution in [2.24, 2.45) is 0 Å². The van der Waals surface area contributed by atoms with Crippen molar-refractivity contribution < 1.29 is 0 Å². The molecule has 0 saturated heterocycles. The van der Waals surface area contributed by atoms with Crippen LogP contribution in [0.25, 0.3) is 64.1 Å². The number of fused-ring (bicyclic) bond motifs is 8. The van der Waals surface area contributed by atoms with Crippen LogP contribution in [0.2, 0.25) is 0 Å². The second-order valence-electron chi connectivity index (χ2n) is 7.69. The van der Waals surface area contributed by atoms with Crippen LogP contribution in [0, 0.1) is 0 Å². The van der Waals surface area contributed by atoms with Gasteiger partial charge in [0.2, 0.25) is 0 Å². The molecule has 0 aliphatic carbocycles. The summed E-state index contributed by atoms with van der Waals surface area (Å²) in [6.45, 7) is 0. The van der Waals surface area contributed by atoms with E-state index in [2.05, 4.69) is 96.0 Å². The molecule has 30 heavy (non-hydrogen) atoms. The summed E-state index contributed by atoms with van der Waals surface area (Å²) in [5.41, 5.74) is 4.49. The largest absolute Gasteiger partial charge is 0.346 e. The molecular weight excluding hydrogens is 384 g/mol. The number of rotatable bonds is 1. The van der Waals surface area contributed by atoms with E-state index in [4.69, 9.17) is 4.98 Å². The molecule has 140 valence electrons. The minimum Gasteiger partial charge on any atom is -0.346 e. The fourth-order valence-corrected chi connectivity index (χ4v) is 5.95. The number of aromatic nitrogens is 2. The van der Waals surface area contributed by atoms with Crippen molar-refractivity contribution >= 4 is 64.2 Å². The van der Waals surface area contributed by atoms with Crippen LogP contribution in [-0.2, 0) is 0 Å². The summed E-state index contributed by atoms with van der Waals surface area (Å²) in [6.07, 6.45) is 0. The zero-order valence-corrected chi connectivity index (χ0v) is 16.8. The van der Waals surface area contributed by atoms with E-state index in [-0.39, 0.29) is 0 Å². The predicted octanol–water partition coefficient (Wildman–Crippen LogP) is 7.90. The average molecular weight is 401 g/mol. The summed E-state index contributed by atoms with van der Waals surface area (Å²) in [5, 5.41) is 7.59. The quantitative estimate of drug-likeness (QED) is 0.298. The van der Waals surface area contributed by atoms with Gasteiger partial charge in [-0.1, -0.05) is 78.9 Å². The maximum absolute atomic E-state index is 5.18. The van der Waals surface area contributed by atoms with Gasteiger partial charge in [-0.25, -0.2) is 4.98 Å². The normalized spacial score (nSPS) is 12.0. The molecule has 0 spiro atoms. The highest BCUT2D eigenvalue weighted by Crippen LogP contribution is 2.46. The maximum Gasteiger partial charge on any atom is 0.102 e. The molecule has 1 N–H and O–H groups in total. The summed E-state index contributed by atoms with van der Waals surface area (Å²) in [7, 11) is 0. The molecule has 0 aliphatic heterocycles. The van der Waals surface area contributed by atoms with E-state index in [1.165, 1.54) is 52.9 Å². The monoisotopic (exact) mass is 400 g/mol.